The van der Waals surface area contributed by atoms with Crippen LogP contribution in [-0.4, -0.2) is 42.8 Å². The number of anilines is 1. The summed E-state index contributed by atoms with van der Waals surface area (Å²) in [7, 11) is 2.01. The van der Waals surface area contributed by atoms with Crippen molar-refractivity contribution in [1.29, 1.82) is 0 Å². The van der Waals surface area contributed by atoms with Crippen molar-refractivity contribution in [3.63, 3.8) is 0 Å². The first-order chi connectivity index (χ1) is 9.77. The maximum Gasteiger partial charge on any atom is 0.221 e. The molecule has 112 valence electrons. The predicted molar refractivity (Wildman–Crippen MR) is 81.5 cm³/mol. The van der Waals surface area contributed by atoms with E-state index in [4.69, 9.17) is 4.74 Å². The molecule has 1 aliphatic heterocycles. The summed E-state index contributed by atoms with van der Waals surface area (Å²) in [6.07, 6.45) is 6.58. The first kappa shape index (κ1) is 15.0. The van der Waals surface area contributed by atoms with Crippen LogP contribution < -0.4 is 15.0 Å². The highest BCUT2D eigenvalue weighted by Gasteiger charge is 2.25. The van der Waals surface area contributed by atoms with Gasteiger partial charge in [0.15, 0.2) is 0 Å². The number of rotatable bonds is 6. The van der Waals surface area contributed by atoms with Gasteiger partial charge in [-0.05, 0) is 53.1 Å². The Balaban J connectivity index is 2.20. The van der Waals surface area contributed by atoms with E-state index in [1.165, 1.54) is 19.3 Å². The monoisotopic (exact) mass is 278 g/mol. The van der Waals surface area contributed by atoms with Crippen LogP contribution in [0.25, 0.3) is 0 Å². The molecule has 5 nitrogen and oxygen atoms in total. The van der Waals surface area contributed by atoms with E-state index in [0.29, 0.717) is 12.6 Å². The van der Waals surface area contributed by atoms with E-state index < -0.39 is 0 Å². The van der Waals surface area contributed by atoms with Gasteiger partial charge >= 0.3 is 0 Å². The molecule has 0 bridgehead atoms. The van der Waals surface area contributed by atoms with E-state index in [1.54, 1.807) is 6.33 Å². The van der Waals surface area contributed by atoms with Crippen molar-refractivity contribution in [1.82, 2.24) is 15.3 Å². The van der Waals surface area contributed by atoms with Gasteiger partial charge in [0.05, 0.1) is 12.2 Å². The fourth-order valence-corrected chi connectivity index (χ4v) is 2.89. The van der Waals surface area contributed by atoms with Gasteiger partial charge in [-0.2, -0.15) is 0 Å². The number of hydrogen-bond donors (Lipinski definition) is 1. The van der Waals surface area contributed by atoms with Crippen molar-refractivity contribution in [2.75, 3.05) is 31.6 Å². The van der Waals surface area contributed by atoms with Gasteiger partial charge in [-0.25, -0.2) is 9.97 Å². The summed E-state index contributed by atoms with van der Waals surface area (Å²) in [6, 6.07) is 0.569. The molecule has 1 aromatic rings. The normalized spacial score (nSPS) is 19.1. The van der Waals surface area contributed by atoms with Gasteiger partial charge in [0, 0.05) is 12.6 Å². The Morgan fingerprint density at radius 3 is 3.00 bits per heavy atom. The van der Waals surface area contributed by atoms with Crippen LogP contribution in [0.5, 0.6) is 5.88 Å². The van der Waals surface area contributed by atoms with Gasteiger partial charge in [0.25, 0.3) is 0 Å². The lowest BCUT2D eigenvalue weighted by Crippen LogP contribution is -2.42. The molecule has 2 rings (SSSR count). The van der Waals surface area contributed by atoms with Gasteiger partial charge in [-0.1, -0.05) is 0 Å². The van der Waals surface area contributed by atoms with Gasteiger partial charge in [-0.3, -0.25) is 0 Å². The molecule has 1 atom stereocenters. The number of ether oxygens (including phenoxy) is 1. The summed E-state index contributed by atoms with van der Waals surface area (Å²) in [4.78, 5) is 11.2. The van der Waals surface area contributed by atoms with Crippen molar-refractivity contribution in [2.45, 2.75) is 45.6 Å². The number of piperidine rings is 1. The molecule has 1 N–H and O–H groups in total. The second kappa shape index (κ2) is 7.43. The number of nitrogens with zero attached hydrogens (tertiary/aromatic N) is 3. The van der Waals surface area contributed by atoms with Crippen LogP contribution in [0.1, 0.15) is 38.2 Å². The van der Waals surface area contributed by atoms with E-state index in [0.717, 1.165) is 36.8 Å². The van der Waals surface area contributed by atoms with E-state index in [9.17, 15) is 0 Å². The van der Waals surface area contributed by atoms with Crippen LogP contribution in [0, 0.1) is 6.92 Å². The fraction of sp³-hybridized carbons (Fsp3) is 0.733. The first-order valence-corrected chi connectivity index (χ1v) is 7.63. The molecule has 1 fully saturated rings. The number of hydrogen-bond acceptors (Lipinski definition) is 5. The number of nitrogens with one attached hydrogen (secondary N) is 1. The van der Waals surface area contributed by atoms with E-state index in [-0.39, 0.29) is 0 Å². The second-order valence-electron chi connectivity index (χ2n) is 5.30. The Labute approximate surface area is 121 Å². The minimum absolute atomic E-state index is 0.569. The Morgan fingerprint density at radius 1 is 1.40 bits per heavy atom. The lowest BCUT2D eigenvalue weighted by atomic mass is 9.99. The summed E-state index contributed by atoms with van der Waals surface area (Å²) in [5.41, 5.74) is 1.06. The summed E-state index contributed by atoms with van der Waals surface area (Å²) < 4.78 is 5.59. The van der Waals surface area contributed by atoms with Crippen LogP contribution in [0.3, 0.4) is 0 Å². The third kappa shape index (κ3) is 3.39. The minimum atomic E-state index is 0.569. The maximum absolute atomic E-state index is 5.59. The molecule has 1 aliphatic rings. The van der Waals surface area contributed by atoms with Gasteiger partial charge in [0.2, 0.25) is 5.88 Å². The third-order valence-electron chi connectivity index (χ3n) is 3.92. The lowest BCUT2D eigenvalue weighted by molar-refractivity contribution is 0.323. The van der Waals surface area contributed by atoms with Crippen molar-refractivity contribution < 1.29 is 4.74 Å². The zero-order chi connectivity index (χ0) is 14.4. The zero-order valence-electron chi connectivity index (χ0n) is 12.9. The molecule has 0 aliphatic carbocycles. The molecular weight excluding hydrogens is 252 g/mol. The Bertz CT molecular complexity index is 424. The molecule has 0 radical (unpaired) electrons. The molecule has 1 unspecified atom stereocenters. The quantitative estimate of drug-likeness (QED) is 0.864. The average Bonchev–Trinajstić information content (AvgIpc) is 2.48. The van der Waals surface area contributed by atoms with Crippen molar-refractivity contribution in [3.05, 3.63) is 11.9 Å². The second-order valence-corrected chi connectivity index (χ2v) is 5.30. The Hall–Kier alpha value is -1.36. The van der Waals surface area contributed by atoms with Crippen molar-refractivity contribution in [2.24, 2.45) is 0 Å². The molecule has 0 spiro atoms. The van der Waals surface area contributed by atoms with E-state index >= 15 is 0 Å². The van der Waals surface area contributed by atoms with Crippen LogP contribution >= 0.6 is 0 Å². The Morgan fingerprint density at radius 2 is 2.25 bits per heavy atom. The van der Waals surface area contributed by atoms with Gasteiger partial charge in [-0.15, -0.1) is 0 Å². The maximum atomic E-state index is 5.59. The molecule has 0 saturated carbocycles. The lowest BCUT2D eigenvalue weighted by Gasteiger charge is -2.37. The van der Waals surface area contributed by atoms with Gasteiger partial charge < -0.3 is 15.0 Å². The number of aromatic nitrogens is 2. The zero-order valence-corrected chi connectivity index (χ0v) is 12.9. The minimum Gasteiger partial charge on any atom is -0.478 e. The highest BCUT2D eigenvalue weighted by atomic mass is 16.5. The van der Waals surface area contributed by atoms with E-state index in [2.05, 4.69) is 27.1 Å². The molecule has 0 amide bonds. The van der Waals surface area contributed by atoms with Crippen LogP contribution in [0.15, 0.2) is 6.33 Å². The van der Waals surface area contributed by atoms with Crippen molar-refractivity contribution >= 4 is 5.82 Å². The van der Waals surface area contributed by atoms with Gasteiger partial charge in [0.1, 0.15) is 12.1 Å². The standard InChI is InChI=1S/C15H26N4O/c1-4-20-15-12(2)14(17-11-18-15)19-10-6-5-7-13(19)8-9-16-3/h11,13,16H,4-10H2,1-3H3. The highest BCUT2D eigenvalue weighted by molar-refractivity contribution is 5.51. The summed E-state index contributed by atoms with van der Waals surface area (Å²) in [5, 5.41) is 3.25. The Kier molecular flexibility index (Phi) is 5.59. The highest BCUT2D eigenvalue weighted by Crippen LogP contribution is 2.30. The molecule has 1 aromatic heterocycles. The smallest absolute Gasteiger partial charge is 0.221 e. The first-order valence-electron chi connectivity index (χ1n) is 7.63. The SMILES string of the molecule is CCOc1ncnc(N2CCCCC2CCNC)c1C. The molecule has 0 aromatic carbocycles. The molecule has 2 heterocycles. The molecular formula is C15H26N4O. The van der Waals surface area contributed by atoms with Crippen molar-refractivity contribution in [3.8, 4) is 5.88 Å². The predicted octanol–water partition coefficient (Wildman–Crippen LogP) is 2.15. The fourth-order valence-electron chi connectivity index (χ4n) is 2.89. The summed E-state index contributed by atoms with van der Waals surface area (Å²) in [5.74, 6) is 1.76. The van der Waals surface area contributed by atoms with Crippen LogP contribution in [-0.2, 0) is 0 Å². The topological polar surface area (TPSA) is 50.3 Å². The molecule has 1 saturated heterocycles. The summed E-state index contributed by atoms with van der Waals surface area (Å²) >= 11 is 0. The largest absolute Gasteiger partial charge is 0.478 e. The average molecular weight is 278 g/mol. The molecule has 20 heavy (non-hydrogen) atoms. The van der Waals surface area contributed by atoms with Crippen LogP contribution in [0.4, 0.5) is 5.82 Å². The third-order valence-corrected chi connectivity index (χ3v) is 3.92. The molecule has 5 heteroatoms. The van der Waals surface area contributed by atoms with E-state index in [1.807, 2.05) is 14.0 Å². The van der Waals surface area contributed by atoms with Crippen LogP contribution in [0.2, 0.25) is 0 Å². The summed E-state index contributed by atoms with van der Waals surface area (Å²) in [6.45, 7) is 6.81.